The number of hydrogen-bond donors (Lipinski definition) is 1. The summed E-state index contributed by atoms with van der Waals surface area (Å²) >= 11 is 0. The quantitative estimate of drug-likeness (QED) is 0.725. The van der Waals surface area contributed by atoms with Crippen LogP contribution in [-0.2, 0) is 4.79 Å². The van der Waals surface area contributed by atoms with E-state index in [-0.39, 0.29) is 18.4 Å². The Morgan fingerprint density at radius 1 is 1.40 bits per heavy atom. The van der Waals surface area contributed by atoms with Crippen molar-refractivity contribution in [3.8, 4) is 0 Å². The number of nitrogens with zero attached hydrogens (tertiary/aromatic N) is 2. The van der Waals surface area contributed by atoms with E-state index in [1.165, 1.54) is 0 Å². The van der Waals surface area contributed by atoms with E-state index in [0.717, 1.165) is 38.9 Å². The van der Waals surface area contributed by atoms with E-state index in [9.17, 15) is 4.79 Å². The van der Waals surface area contributed by atoms with Gasteiger partial charge in [-0.25, -0.2) is 0 Å². The second kappa shape index (κ2) is 6.08. The van der Waals surface area contributed by atoms with E-state index in [0.29, 0.717) is 0 Å². The van der Waals surface area contributed by atoms with Crippen LogP contribution in [0.15, 0.2) is 0 Å². The molecule has 0 spiro atoms. The number of amides is 1. The Kier molecular flexibility index (Phi) is 5.05. The van der Waals surface area contributed by atoms with Crippen LogP contribution in [0.1, 0.15) is 19.3 Å². The van der Waals surface area contributed by atoms with Gasteiger partial charge < -0.3 is 14.9 Å². The molecule has 1 aliphatic heterocycles. The molecule has 0 aromatic carbocycles. The van der Waals surface area contributed by atoms with Crippen LogP contribution in [0.4, 0.5) is 0 Å². The first-order chi connectivity index (χ1) is 7.15. The fourth-order valence-corrected chi connectivity index (χ4v) is 2.06. The third-order valence-corrected chi connectivity index (χ3v) is 3.01. The molecule has 4 heteroatoms. The van der Waals surface area contributed by atoms with Crippen molar-refractivity contribution in [2.45, 2.75) is 19.3 Å². The van der Waals surface area contributed by atoms with E-state index >= 15 is 0 Å². The molecule has 88 valence electrons. The van der Waals surface area contributed by atoms with Crippen molar-refractivity contribution in [3.63, 3.8) is 0 Å². The van der Waals surface area contributed by atoms with Crippen LogP contribution in [-0.4, -0.2) is 61.2 Å². The highest BCUT2D eigenvalue weighted by atomic mass is 16.3. The van der Waals surface area contributed by atoms with Gasteiger partial charge >= 0.3 is 0 Å². The minimum absolute atomic E-state index is 0.213. The van der Waals surface area contributed by atoms with Gasteiger partial charge in [-0.1, -0.05) is 0 Å². The predicted molar refractivity (Wildman–Crippen MR) is 59.6 cm³/mol. The van der Waals surface area contributed by atoms with Crippen LogP contribution < -0.4 is 0 Å². The molecule has 1 heterocycles. The maximum atomic E-state index is 11.7. The van der Waals surface area contributed by atoms with Crippen molar-refractivity contribution in [2.75, 3.05) is 40.3 Å². The Balaban J connectivity index is 2.26. The highest BCUT2D eigenvalue weighted by Crippen LogP contribution is 2.18. The highest BCUT2D eigenvalue weighted by molar-refractivity contribution is 5.78. The molecule has 0 bridgehead atoms. The van der Waals surface area contributed by atoms with Crippen LogP contribution in [0.5, 0.6) is 0 Å². The van der Waals surface area contributed by atoms with Gasteiger partial charge in [0.15, 0.2) is 0 Å². The third-order valence-electron chi connectivity index (χ3n) is 3.01. The fraction of sp³-hybridized carbons (Fsp3) is 0.909. The maximum absolute atomic E-state index is 11.7. The molecule has 4 nitrogen and oxygen atoms in total. The smallest absolute Gasteiger partial charge is 0.225 e. The van der Waals surface area contributed by atoms with Gasteiger partial charge in [0.05, 0.1) is 0 Å². The van der Waals surface area contributed by atoms with Crippen molar-refractivity contribution in [1.29, 1.82) is 0 Å². The molecule has 1 saturated heterocycles. The van der Waals surface area contributed by atoms with E-state index in [1.54, 1.807) is 4.90 Å². The van der Waals surface area contributed by atoms with Gasteiger partial charge in [-0.2, -0.15) is 0 Å². The molecule has 0 aromatic heterocycles. The topological polar surface area (TPSA) is 43.8 Å². The van der Waals surface area contributed by atoms with E-state index in [2.05, 4.69) is 4.90 Å². The summed E-state index contributed by atoms with van der Waals surface area (Å²) in [6.07, 6.45) is 2.76. The first-order valence-corrected chi connectivity index (χ1v) is 5.69. The summed E-state index contributed by atoms with van der Waals surface area (Å²) in [7, 11) is 3.64. The molecule has 0 radical (unpaired) electrons. The minimum Gasteiger partial charge on any atom is -0.396 e. The standard InChI is InChI=1S/C11H22N2O2/c1-12(2)11(15)10-4-7-13(8-5-10)6-3-9-14/h10,14H,3-9H2,1-2H3. The van der Waals surface area contributed by atoms with Crippen LogP contribution >= 0.6 is 0 Å². The summed E-state index contributed by atoms with van der Waals surface area (Å²) in [5, 5.41) is 8.72. The molecule has 15 heavy (non-hydrogen) atoms. The average molecular weight is 214 g/mol. The average Bonchev–Trinajstić information content (AvgIpc) is 2.26. The lowest BCUT2D eigenvalue weighted by molar-refractivity contribution is -0.134. The molecule has 0 aliphatic carbocycles. The minimum atomic E-state index is 0.213. The number of carbonyl (C=O) groups excluding carboxylic acids is 1. The summed E-state index contributed by atoms with van der Waals surface area (Å²) in [6, 6.07) is 0. The van der Waals surface area contributed by atoms with Gasteiger partial charge in [0.1, 0.15) is 0 Å². The number of piperidine rings is 1. The van der Waals surface area contributed by atoms with Gasteiger partial charge in [-0.15, -0.1) is 0 Å². The first-order valence-electron chi connectivity index (χ1n) is 5.69. The molecular weight excluding hydrogens is 192 g/mol. The molecule has 1 amide bonds. The second-order valence-electron chi connectivity index (χ2n) is 4.43. The van der Waals surface area contributed by atoms with Crippen LogP contribution in [0.3, 0.4) is 0 Å². The number of hydrogen-bond acceptors (Lipinski definition) is 3. The number of likely N-dealkylation sites (tertiary alicyclic amines) is 1. The van der Waals surface area contributed by atoms with Crippen molar-refractivity contribution >= 4 is 5.91 Å². The summed E-state index contributed by atoms with van der Waals surface area (Å²) in [5.74, 6) is 0.474. The number of aliphatic hydroxyl groups is 1. The predicted octanol–water partition coefficient (Wildman–Crippen LogP) is 0.169. The zero-order valence-electron chi connectivity index (χ0n) is 9.78. The highest BCUT2D eigenvalue weighted by Gasteiger charge is 2.25. The molecule has 1 fully saturated rings. The monoisotopic (exact) mass is 214 g/mol. The van der Waals surface area contributed by atoms with Crippen molar-refractivity contribution in [2.24, 2.45) is 5.92 Å². The van der Waals surface area contributed by atoms with Crippen LogP contribution in [0.25, 0.3) is 0 Å². The fourth-order valence-electron chi connectivity index (χ4n) is 2.06. The number of rotatable bonds is 4. The molecule has 1 N–H and O–H groups in total. The Morgan fingerprint density at radius 2 is 2.00 bits per heavy atom. The Labute approximate surface area is 91.9 Å². The third kappa shape index (κ3) is 3.80. The zero-order valence-corrected chi connectivity index (χ0v) is 9.78. The summed E-state index contributed by atoms with van der Waals surface area (Å²) in [6.45, 7) is 3.20. The first kappa shape index (κ1) is 12.5. The Morgan fingerprint density at radius 3 is 2.47 bits per heavy atom. The number of aliphatic hydroxyl groups excluding tert-OH is 1. The number of carbonyl (C=O) groups is 1. The SMILES string of the molecule is CN(C)C(=O)C1CCN(CCCO)CC1. The molecule has 1 rings (SSSR count). The van der Waals surface area contributed by atoms with Gasteiger partial charge in [-0.3, -0.25) is 4.79 Å². The van der Waals surface area contributed by atoms with Crippen molar-refractivity contribution in [1.82, 2.24) is 9.80 Å². The van der Waals surface area contributed by atoms with Crippen molar-refractivity contribution < 1.29 is 9.90 Å². The van der Waals surface area contributed by atoms with Crippen LogP contribution in [0.2, 0.25) is 0 Å². The lowest BCUT2D eigenvalue weighted by Gasteiger charge is -2.32. The summed E-state index contributed by atoms with van der Waals surface area (Å²) in [4.78, 5) is 15.7. The molecule has 0 unspecified atom stereocenters. The maximum Gasteiger partial charge on any atom is 0.225 e. The lowest BCUT2D eigenvalue weighted by atomic mass is 9.95. The normalized spacial score (nSPS) is 19.1. The van der Waals surface area contributed by atoms with E-state index in [1.807, 2.05) is 14.1 Å². The largest absolute Gasteiger partial charge is 0.396 e. The van der Waals surface area contributed by atoms with Gasteiger partial charge in [0.2, 0.25) is 5.91 Å². The van der Waals surface area contributed by atoms with Gasteiger partial charge in [-0.05, 0) is 32.4 Å². The van der Waals surface area contributed by atoms with Gasteiger partial charge in [0.25, 0.3) is 0 Å². The molecule has 0 saturated carbocycles. The molecule has 0 atom stereocenters. The molecular formula is C11H22N2O2. The Bertz CT molecular complexity index is 199. The summed E-state index contributed by atoms with van der Waals surface area (Å²) in [5.41, 5.74) is 0. The molecule has 1 aliphatic rings. The van der Waals surface area contributed by atoms with Gasteiger partial charge in [0, 0.05) is 33.2 Å². The Hall–Kier alpha value is -0.610. The molecule has 0 aromatic rings. The van der Waals surface area contributed by atoms with Crippen LogP contribution in [0, 0.1) is 5.92 Å². The van der Waals surface area contributed by atoms with E-state index in [4.69, 9.17) is 5.11 Å². The van der Waals surface area contributed by atoms with Crippen molar-refractivity contribution in [3.05, 3.63) is 0 Å². The van der Waals surface area contributed by atoms with E-state index < -0.39 is 0 Å². The second-order valence-corrected chi connectivity index (χ2v) is 4.43. The lowest BCUT2D eigenvalue weighted by Crippen LogP contribution is -2.40. The zero-order chi connectivity index (χ0) is 11.3. The summed E-state index contributed by atoms with van der Waals surface area (Å²) < 4.78 is 0.